The van der Waals surface area contributed by atoms with Gasteiger partial charge in [0.25, 0.3) is 0 Å². The van der Waals surface area contributed by atoms with E-state index in [1.165, 1.54) is 0 Å². The van der Waals surface area contributed by atoms with Crippen LogP contribution in [-0.2, 0) is 9.31 Å². The van der Waals surface area contributed by atoms with Crippen LogP contribution in [0.25, 0.3) is 10.4 Å². The number of benzene rings is 1. The molecule has 1 radical (unpaired) electrons. The molecule has 21 heavy (non-hydrogen) atoms. The van der Waals surface area contributed by atoms with Crippen molar-refractivity contribution < 1.29 is 9.31 Å². The van der Waals surface area contributed by atoms with Crippen LogP contribution in [0.2, 0.25) is 5.02 Å². The Morgan fingerprint density at radius 2 is 1.86 bits per heavy atom. The third kappa shape index (κ3) is 2.66. The SMILES string of the molecule is CC1(C)OB(c2csc(-c3cc[c]cc3Cl)c2)OC1(C)C. The lowest BCUT2D eigenvalue weighted by molar-refractivity contribution is 0.00578. The van der Waals surface area contributed by atoms with Gasteiger partial charge in [0.05, 0.1) is 11.2 Å². The molecule has 2 nitrogen and oxygen atoms in total. The lowest BCUT2D eigenvalue weighted by Crippen LogP contribution is -2.41. The van der Waals surface area contributed by atoms with Gasteiger partial charge < -0.3 is 9.31 Å². The highest BCUT2D eigenvalue weighted by Gasteiger charge is 2.51. The molecular weight excluding hydrogens is 303 g/mol. The van der Waals surface area contributed by atoms with Gasteiger partial charge in [-0.2, -0.15) is 0 Å². The first-order valence-electron chi connectivity index (χ1n) is 6.90. The van der Waals surface area contributed by atoms with E-state index in [0.29, 0.717) is 5.02 Å². The summed E-state index contributed by atoms with van der Waals surface area (Å²) < 4.78 is 12.1. The number of thiophene rings is 1. The minimum Gasteiger partial charge on any atom is -0.399 e. The van der Waals surface area contributed by atoms with Crippen LogP contribution in [0.5, 0.6) is 0 Å². The molecular formula is C16H17BClO2S. The molecule has 5 heteroatoms. The summed E-state index contributed by atoms with van der Waals surface area (Å²) in [5.41, 5.74) is 1.42. The van der Waals surface area contributed by atoms with Crippen LogP contribution in [0.15, 0.2) is 29.6 Å². The molecule has 0 saturated carbocycles. The van der Waals surface area contributed by atoms with Gasteiger partial charge in [0.15, 0.2) is 0 Å². The quantitative estimate of drug-likeness (QED) is 0.774. The third-order valence-electron chi connectivity index (χ3n) is 4.22. The first kappa shape index (κ1) is 15.1. The maximum atomic E-state index is 6.23. The maximum Gasteiger partial charge on any atom is 0.495 e. The van der Waals surface area contributed by atoms with Crippen LogP contribution in [0.3, 0.4) is 0 Å². The van der Waals surface area contributed by atoms with Gasteiger partial charge in [-0.15, -0.1) is 11.3 Å². The average Bonchev–Trinajstić information content (AvgIpc) is 2.94. The van der Waals surface area contributed by atoms with Gasteiger partial charge in [0.2, 0.25) is 0 Å². The summed E-state index contributed by atoms with van der Waals surface area (Å²) in [4.78, 5) is 1.11. The first-order chi connectivity index (χ1) is 9.80. The van der Waals surface area contributed by atoms with Crippen LogP contribution in [0.1, 0.15) is 27.7 Å². The maximum absolute atomic E-state index is 6.23. The van der Waals surface area contributed by atoms with Gasteiger partial charge in [-0.05, 0) is 56.7 Å². The zero-order valence-electron chi connectivity index (χ0n) is 12.6. The van der Waals surface area contributed by atoms with Crippen molar-refractivity contribution >= 4 is 35.5 Å². The standard InChI is InChI=1S/C16H17BClO2S/c1-15(2)16(3,4)20-17(19-15)11-9-14(21-10-11)12-7-5-6-8-13(12)18/h5,7-10H,1-4H3. The summed E-state index contributed by atoms with van der Waals surface area (Å²) in [7, 11) is -0.325. The van der Waals surface area contributed by atoms with Crippen molar-refractivity contribution in [2.24, 2.45) is 0 Å². The molecule has 0 bridgehead atoms. The second kappa shape index (κ2) is 5.13. The van der Waals surface area contributed by atoms with E-state index in [9.17, 15) is 0 Å². The summed E-state index contributed by atoms with van der Waals surface area (Å²) in [6, 6.07) is 10.7. The molecule has 1 aromatic heterocycles. The zero-order chi connectivity index (χ0) is 15.3. The van der Waals surface area contributed by atoms with Gasteiger partial charge in [0.1, 0.15) is 0 Å². The Bertz CT molecular complexity index is 650. The molecule has 0 unspecified atom stereocenters. The molecule has 1 saturated heterocycles. The minimum absolute atomic E-state index is 0.320. The number of rotatable bonds is 2. The van der Waals surface area contributed by atoms with Crippen molar-refractivity contribution in [3.63, 3.8) is 0 Å². The largest absolute Gasteiger partial charge is 0.495 e. The van der Waals surface area contributed by atoms with Crippen molar-refractivity contribution in [2.75, 3.05) is 0 Å². The summed E-state index contributed by atoms with van der Waals surface area (Å²) in [6.45, 7) is 8.24. The third-order valence-corrected chi connectivity index (χ3v) is 5.52. The molecule has 0 spiro atoms. The van der Waals surface area contributed by atoms with Crippen LogP contribution >= 0.6 is 22.9 Å². The molecule has 109 valence electrons. The molecule has 2 heterocycles. The van der Waals surface area contributed by atoms with E-state index < -0.39 is 0 Å². The van der Waals surface area contributed by atoms with Gasteiger partial charge >= 0.3 is 7.12 Å². The molecule has 1 aliphatic heterocycles. The van der Waals surface area contributed by atoms with E-state index in [0.717, 1.165) is 15.9 Å². The van der Waals surface area contributed by atoms with E-state index in [4.69, 9.17) is 20.9 Å². The lowest BCUT2D eigenvalue weighted by Gasteiger charge is -2.32. The van der Waals surface area contributed by atoms with E-state index in [1.807, 2.05) is 12.1 Å². The molecule has 1 fully saturated rings. The fourth-order valence-electron chi connectivity index (χ4n) is 2.20. The minimum atomic E-state index is -0.325. The van der Waals surface area contributed by atoms with Crippen LogP contribution in [0.4, 0.5) is 0 Å². The summed E-state index contributed by atoms with van der Waals surface area (Å²) >= 11 is 7.88. The Hall–Kier alpha value is -0.805. The molecule has 0 amide bonds. The summed E-state index contributed by atoms with van der Waals surface area (Å²) in [5, 5.41) is 2.78. The van der Waals surface area contributed by atoms with Gasteiger partial charge in [-0.1, -0.05) is 23.7 Å². The highest BCUT2D eigenvalue weighted by molar-refractivity contribution is 7.14. The second-order valence-corrected chi connectivity index (χ2v) is 7.56. The molecule has 0 aliphatic carbocycles. The van der Waals surface area contributed by atoms with E-state index in [-0.39, 0.29) is 18.3 Å². The average molecular weight is 320 g/mol. The molecule has 1 aliphatic rings. The number of hydrogen-bond acceptors (Lipinski definition) is 3. The van der Waals surface area contributed by atoms with E-state index >= 15 is 0 Å². The fraction of sp³-hybridized carbons (Fsp3) is 0.375. The highest BCUT2D eigenvalue weighted by atomic mass is 35.5. The van der Waals surface area contributed by atoms with Gasteiger partial charge in [0, 0.05) is 15.5 Å². The lowest BCUT2D eigenvalue weighted by atomic mass is 9.81. The normalized spacial score (nSPS) is 20.0. The molecule has 0 atom stereocenters. The molecule has 1 aromatic carbocycles. The Morgan fingerprint density at radius 1 is 1.19 bits per heavy atom. The van der Waals surface area contributed by atoms with Crippen molar-refractivity contribution in [1.82, 2.24) is 0 Å². The van der Waals surface area contributed by atoms with Gasteiger partial charge in [-0.25, -0.2) is 0 Å². The Labute approximate surface area is 135 Å². The summed E-state index contributed by atoms with van der Waals surface area (Å²) in [5.74, 6) is 0. The molecule has 3 rings (SSSR count). The van der Waals surface area contributed by atoms with Crippen molar-refractivity contribution in [3.8, 4) is 10.4 Å². The predicted octanol–water partition coefficient (Wildman–Crippen LogP) is 4.17. The second-order valence-electron chi connectivity index (χ2n) is 6.24. The van der Waals surface area contributed by atoms with Crippen LogP contribution in [-0.4, -0.2) is 18.3 Å². The number of hydrogen-bond donors (Lipinski definition) is 0. The molecule has 2 aromatic rings. The Morgan fingerprint density at radius 3 is 2.48 bits per heavy atom. The van der Waals surface area contributed by atoms with Crippen molar-refractivity contribution in [1.29, 1.82) is 0 Å². The van der Waals surface area contributed by atoms with Crippen LogP contribution in [0, 0.1) is 6.07 Å². The van der Waals surface area contributed by atoms with E-state index in [1.54, 1.807) is 17.4 Å². The Balaban J connectivity index is 1.89. The predicted molar refractivity (Wildman–Crippen MR) is 89.3 cm³/mol. The zero-order valence-corrected chi connectivity index (χ0v) is 14.1. The fourth-order valence-corrected chi connectivity index (χ4v) is 3.44. The smallest absolute Gasteiger partial charge is 0.399 e. The van der Waals surface area contributed by atoms with Crippen molar-refractivity contribution in [2.45, 2.75) is 38.9 Å². The first-order valence-corrected chi connectivity index (χ1v) is 8.16. The molecule has 0 N–H and O–H groups in total. The summed E-state index contributed by atoms with van der Waals surface area (Å²) in [6.07, 6.45) is 0. The number of halogens is 1. The highest BCUT2D eigenvalue weighted by Crippen LogP contribution is 2.37. The van der Waals surface area contributed by atoms with Crippen molar-refractivity contribution in [3.05, 3.63) is 40.7 Å². The Kier molecular flexibility index (Phi) is 3.69. The van der Waals surface area contributed by atoms with E-state index in [2.05, 4.69) is 45.2 Å². The monoisotopic (exact) mass is 319 g/mol. The van der Waals surface area contributed by atoms with Crippen LogP contribution < -0.4 is 5.46 Å². The van der Waals surface area contributed by atoms with Gasteiger partial charge in [-0.3, -0.25) is 0 Å². The topological polar surface area (TPSA) is 18.5 Å².